The van der Waals surface area contributed by atoms with E-state index < -0.39 is 17.6 Å². The number of anilines is 1. The average Bonchev–Trinajstić information content (AvgIpc) is 2.89. The van der Waals surface area contributed by atoms with Crippen molar-refractivity contribution in [2.24, 2.45) is 0 Å². The van der Waals surface area contributed by atoms with Crippen LogP contribution >= 0.6 is 15.9 Å². The molecule has 0 saturated heterocycles. The Balaban J connectivity index is 1.89. The molecule has 0 aliphatic rings. The molecule has 0 atom stereocenters. The van der Waals surface area contributed by atoms with Crippen molar-refractivity contribution in [2.75, 3.05) is 5.32 Å². The van der Waals surface area contributed by atoms with E-state index in [1.165, 1.54) is 29.0 Å². The number of carbonyl (C=O) groups excluding carboxylic acids is 1. The molecular formula is C14H8BrF3N4O. The highest BCUT2D eigenvalue weighted by Gasteiger charge is 2.30. The van der Waals surface area contributed by atoms with Crippen LogP contribution in [0.3, 0.4) is 0 Å². The molecule has 0 spiro atoms. The molecule has 0 bridgehead atoms. The average molecular weight is 385 g/mol. The third-order valence-electron chi connectivity index (χ3n) is 3.02. The summed E-state index contributed by atoms with van der Waals surface area (Å²) >= 11 is 3.23. The van der Waals surface area contributed by atoms with E-state index in [9.17, 15) is 18.0 Å². The zero-order valence-electron chi connectivity index (χ0n) is 11.3. The molecule has 0 radical (unpaired) electrons. The summed E-state index contributed by atoms with van der Waals surface area (Å²) in [5.74, 6) is -0.589. The lowest BCUT2D eigenvalue weighted by atomic mass is 10.2. The molecule has 0 aliphatic carbocycles. The van der Waals surface area contributed by atoms with Crippen LogP contribution in [-0.4, -0.2) is 20.5 Å². The van der Waals surface area contributed by atoms with E-state index in [-0.39, 0.29) is 11.3 Å². The second-order valence-corrected chi connectivity index (χ2v) is 5.55. The number of rotatable bonds is 2. The molecule has 1 aromatic carbocycles. The van der Waals surface area contributed by atoms with Gasteiger partial charge in [0, 0.05) is 18.1 Å². The minimum absolute atomic E-state index is 0.0429. The zero-order chi connectivity index (χ0) is 16.6. The zero-order valence-corrected chi connectivity index (χ0v) is 12.9. The maximum absolute atomic E-state index is 12.7. The van der Waals surface area contributed by atoms with Crippen molar-refractivity contribution < 1.29 is 18.0 Å². The maximum atomic E-state index is 12.7. The van der Waals surface area contributed by atoms with Gasteiger partial charge in [-0.1, -0.05) is 6.07 Å². The number of aromatic nitrogens is 3. The minimum Gasteiger partial charge on any atom is -0.322 e. The van der Waals surface area contributed by atoms with Gasteiger partial charge in [0.25, 0.3) is 5.91 Å². The fourth-order valence-electron chi connectivity index (χ4n) is 1.98. The Morgan fingerprint density at radius 1 is 1.26 bits per heavy atom. The number of carbonyl (C=O) groups is 1. The lowest BCUT2D eigenvalue weighted by molar-refractivity contribution is -0.137. The fraction of sp³-hybridized carbons (Fsp3) is 0.0714. The summed E-state index contributed by atoms with van der Waals surface area (Å²) in [5, 5.41) is 6.40. The third-order valence-corrected chi connectivity index (χ3v) is 3.43. The van der Waals surface area contributed by atoms with Gasteiger partial charge in [-0.3, -0.25) is 4.79 Å². The second kappa shape index (κ2) is 5.65. The van der Waals surface area contributed by atoms with E-state index in [0.717, 1.165) is 12.1 Å². The summed E-state index contributed by atoms with van der Waals surface area (Å²) < 4.78 is 40.1. The number of hydrogen-bond donors (Lipinski definition) is 1. The van der Waals surface area contributed by atoms with Crippen LogP contribution in [0.5, 0.6) is 0 Å². The number of fused-ring (bicyclic) bond motifs is 1. The van der Waals surface area contributed by atoms with Crippen LogP contribution in [0.2, 0.25) is 0 Å². The van der Waals surface area contributed by atoms with Gasteiger partial charge in [0.2, 0.25) is 0 Å². The van der Waals surface area contributed by atoms with Crippen molar-refractivity contribution in [3.05, 3.63) is 58.5 Å². The number of amides is 1. The van der Waals surface area contributed by atoms with Crippen LogP contribution < -0.4 is 5.32 Å². The highest BCUT2D eigenvalue weighted by atomic mass is 79.9. The number of nitrogens with zero attached hydrogens (tertiary/aromatic N) is 3. The van der Waals surface area contributed by atoms with Gasteiger partial charge in [-0.25, -0.2) is 9.50 Å². The van der Waals surface area contributed by atoms with Gasteiger partial charge in [-0.05, 0) is 34.1 Å². The van der Waals surface area contributed by atoms with E-state index in [1.54, 1.807) is 6.20 Å². The first-order valence-electron chi connectivity index (χ1n) is 6.32. The van der Waals surface area contributed by atoms with Gasteiger partial charge < -0.3 is 5.32 Å². The van der Waals surface area contributed by atoms with Crippen LogP contribution in [0.25, 0.3) is 5.65 Å². The molecule has 3 aromatic rings. The van der Waals surface area contributed by atoms with Crippen molar-refractivity contribution in [3.8, 4) is 0 Å². The summed E-state index contributed by atoms with van der Waals surface area (Å²) in [4.78, 5) is 16.3. The Morgan fingerprint density at radius 2 is 2.04 bits per heavy atom. The number of alkyl halides is 3. The summed E-state index contributed by atoms with van der Waals surface area (Å²) in [6, 6.07) is 4.41. The third kappa shape index (κ3) is 3.19. The molecule has 9 heteroatoms. The summed E-state index contributed by atoms with van der Waals surface area (Å²) in [6.45, 7) is 0. The molecule has 23 heavy (non-hydrogen) atoms. The summed E-state index contributed by atoms with van der Waals surface area (Å²) in [7, 11) is 0. The molecule has 0 saturated carbocycles. The fourth-order valence-corrected chi connectivity index (χ4v) is 2.28. The Labute approximate surface area is 136 Å². The molecule has 118 valence electrons. The van der Waals surface area contributed by atoms with E-state index in [4.69, 9.17) is 0 Å². The Hall–Kier alpha value is -2.42. The van der Waals surface area contributed by atoms with Gasteiger partial charge in [0.05, 0.1) is 16.2 Å². The smallest absolute Gasteiger partial charge is 0.322 e. The van der Waals surface area contributed by atoms with Gasteiger partial charge in [0.1, 0.15) is 5.56 Å². The number of nitrogens with one attached hydrogen (secondary N) is 1. The van der Waals surface area contributed by atoms with Crippen molar-refractivity contribution in [3.63, 3.8) is 0 Å². The quantitative estimate of drug-likeness (QED) is 0.731. The highest BCUT2D eigenvalue weighted by Crippen LogP contribution is 2.30. The van der Waals surface area contributed by atoms with Crippen LogP contribution in [0.4, 0.5) is 18.9 Å². The van der Waals surface area contributed by atoms with E-state index in [2.05, 4.69) is 31.3 Å². The van der Waals surface area contributed by atoms with Crippen LogP contribution in [-0.2, 0) is 6.18 Å². The van der Waals surface area contributed by atoms with Gasteiger partial charge >= 0.3 is 6.18 Å². The van der Waals surface area contributed by atoms with Crippen molar-refractivity contribution in [1.29, 1.82) is 0 Å². The Bertz CT molecular complexity index is 891. The molecule has 0 unspecified atom stereocenters. The predicted molar refractivity (Wildman–Crippen MR) is 80.1 cm³/mol. The maximum Gasteiger partial charge on any atom is 0.416 e. The topological polar surface area (TPSA) is 59.3 Å². The molecule has 1 amide bonds. The molecule has 5 nitrogen and oxygen atoms in total. The largest absolute Gasteiger partial charge is 0.416 e. The van der Waals surface area contributed by atoms with E-state index in [1.807, 2.05) is 0 Å². The van der Waals surface area contributed by atoms with Gasteiger partial charge in [-0.2, -0.15) is 18.3 Å². The van der Waals surface area contributed by atoms with Gasteiger partial charge in [-0.15, -0.1) is 0 Å². The Kier molecular flexibility index (Phi) is 3.80. The molecule has 0 fully saturated rings. The lowest BCUT2D eigenvalue weighted by Crippen LogP contribution is -2.13. The van der Waals surface area contributed by atoms with Crippen LogP contribution in [0.15, 0.2) is 47.3 Å². The molecule has 0 aliphatic heterocycles. The van der Waals surface area contributed by atoms with E-state index >= 15 is 0 Å². The highest BCUT2D eigenvalue weighted by molar-refractivity contribution is 9.10. The number of benzene rings is 1. The minimum atomic E-state index is -4.47. The molecule has 2 aromatic heterocycles. The lowest BCUT2D eigenvalue weighted by Gasteiger charge is -2.09. The monoisotopic (exact) mass is 384 g/mol. The van der Waals surface area contributed by atoms with Crippen molar-refractivity contribution in [1.82, 2.24) is 14.6 Å². The normalized spacial score (nSPS) is 11.7. The van der Waals surface area contributed by atoms with Crippen molar-refractivity contribution >= 4 is 33.2 Å². The first-order chi connectivity index (χ1) is 10.8. The second-order valence-electron chi connectivity index (χ2n) is 4.63. The summed E-state index contributed by atoms with van der Waals surface area (Å²) in [6.07, 6.45) is -0.0574. The predicted octanol–water partition coefficient (Wildman–Crippen LogP) is 3.76. The molecular weight excluding hydrogens is 377 g/mol. The SMILES string of the molecule is O=C(Nc1cccc(C(F)(F)F)c1)c1cnn2cc(Br)cnc12. The first kappa shape index (κ1) is 15.5. The van der Waals surface area contributed by atoms with Crippen LogP contribution in [0.1, 0.15) is 15.9 Å². The van der Waals surface area contributed by atoms with E-state index in [0.29, 0.717) is 10.1 Å². The number of halogens is 4. The summed E-state index contributed by atoms with van der Waals surface area (Å²) in [5.41, 5.74) is -0.328. The van der Waals surface area contributed by atoms with Gasteiger partial charge in [0.15, 0.2) is 5.65 Å². The molecule has 3 rings (SSSR count). The van der Waals surface area contributed by atoms with Crippen LogP contribution in [0, 0.1) is 0 Å². The standard InChI is InChI=1S/C14H8BrF3N4O/c15-9-5-19-12-11(6-20-22(12)7-9)13(23)21-10-3-1-2-8(4-10)14(16,17)18/h1-7H,(H,21,23). The van der Waals surface area contributed by atoms with Crippen molar-refractivity contribution in [2.45, 2.75) is 6.18 Å². The molecule has 2 heterocycles. The first-order valence-corrected chi connectivity index (χ1v) is 7.11. The number of hydrogen-bond acceptors (Lipinski definition) is 3. The molecule has 1 N–H and O–H groups in total. The Morgan fingerprint density at radius 3 is 2.78 bits per heavy atom.